The van der Waals surface area contributed by atoms with Crippen molar-refractivity contribution in [2.45, 2.75) is 19.1 Å². The first-order valence-corrected chi connectivity index (χ1v) is 5.74. The van der Waals surface area contributed by atoms with E-state index in [0.29, 0.717) is 19.8 Å². The van der Waals surface area contributed by atoms with Gasteiger partial charge in [-0.2, -0.15) is 0 Å². The molecule has 1 heterocycles. The Kier molecular flexibility index (Phi) is 3.93. The molecule has 0 spiro atoms. The van der Waals surface area contributed by atoms with Crippen molar-refractivity contribution in [3.05, 3.63) is 35.4 Å². The number of rotatable bonds is 3. The van der Waals surface area contributed by atoms with Crippen LogP contribution in [0.5, 0.6) is 0 Å². The Morgan fingerprint density at radius 3 is 2.56 bits per heavy atom. The van der Waals surface area contributed by atoms with Crippen LogP contribution in [0.3, 0.4) is 0 Å². The van der Waals surface area contributed by atoms with Gasteiger partial charge in [0.25, 0.3) is 0 Å². The average Bonchev–Trinajstić information content (AvgIpc) is 2.34. The standard InChI is InChI=1S/C13H19NO2/c1-10-3-5-11(6-4-10)13(14-2)12-9-15-7-8-16-12/h3-6,12-14H,7-9H2,1-2H3. The minimum atomic E-state index is 0.112. The molecule has 0 radical (unpaired) electrons. The zero-order chi connectivity index (χ0) is 11.4. The third-order valence-corrected chi connectivity index (χ3v) is 2.96. The predicted octanol–water partition coefficient (Wildman–Crippen LogP) is 1.67. The molecule has 0 aliphatic carbocycles. The van der Waals surface area contributed by atoms with E-state index in [9.17, 15) is 0 Å². The lowest BCUT2D eigenvalue weighted by molar-refractivity contribution is -0.101. The summed E-state index contributed by atoms with van der Waals surface area (Å²) in [5, 5.41) is 3.30. The summed E-state index contributed by atoms with van der Waals surface area (Å²) in [6.07, 6.45) is 0.112. The van der Waals surface area contributed by atoms with Crippen molar-refractivity contribution < 1.29 is 9.47 Å². The van der Waals surface area contributed by atoms with Crippen LogP contribution in [-0.4, -0.2) is 33.0 Å². The minimum absolute atomic E-state index is 0.112. The van der Waals surface area contributed by atoms with Gasteiger partial charge in [0.15, 0.2) is 0 Å². The summed E-state index contributed by atoms with van der Waals surface area (Å²) in [5.74, 6) is 0. The summed E-state index contributed by atoms with van der Waals surface area (Å²) in [6, 6.07) is 8.76. The maximum atomic E-state index is 5.73. The quantitative estimate of drug-likeness (QED) is 0.842. The van der Waals surface area contributed by atoms with E-state index in [-0.39, 0.29) is 12.1 Å². The van der Waals surface area contributed by atoms with Crippen LogP contribution in [0.15, 0.2) is 24.3 Å². The molecule has 0 amide bonds. The molecule has 2 rings (SSSR count). The van der Waals surface area contributed by atoms with E-state index in [0.717, 1.165) is 0 Å². The zero-order valence-electron chi connectivity index (χ0n) is 9.90. The molecule has 88 valence electrons. The van der Waals surface area contributed by atoms with Gasteiger partial charge in [-0.05, 0) is 19.5 Å². The number of nitrogens with one attached hydrogen (secondary N) is 1. The lowest BCUT2D eigenvalue weighted by atomic mass is 10.0. The summed E-state index contributed by atoms with van der Waals surface area (Å²) in [6.45, 7) is 4.16. The molecule has 1 aromatic rings. The highest BCUT2D eigenvalue weighted by molar-refractivity contribution is 5.25. The van der Waals surface area contributed by atoms with Gasteiger partial charge in [0, 0.05) is 0 Å². The van der Waals surface area contributed by atoms with Gasteiger partial charge in [-0.1, -0.05) is 29.8 Å². The SMILES string of the molecule is CNC(c1ccc(C)cc1)C1COCCO1. The molecule has 1 saturated heterocycles. The summed E-state index contributed by atoms with van der Waals surface area (Å²) < 4.78 is 11.2. The molecule has 1 aliphatic rings. The number of ether oxygens (including phenoxy) is 2. The highest BCUT2D eigenvalue weighted by Crippen LogP contribution is 2.21. The summed E-state index contributed by atoms with van der Waals surface area (Å²) in [4.78, 5) is 0. The van der Waals surface area contributed by atoms with E-state index in [1.807, 2.05) is 7.05 Å². The highest BCUT2D eigenvalue weighted by Gasteiger charge is 2.24. The van der Waals surface area contributed by atoms with E-state index in [2.05, 4.69) is 36.5 Å². The smallest absolute Gasteiger partial charge is 0.100 e. The van der Waals surface area contributed by atoms with Crippen molar-refractivity contribution in [3.8, 4) is 0 Å². The fraction of sp³-hybridized carbons (Fsp3) is 0.538. The second-order valence-electron chi connectivity index (χ2n) is 4.16. The Bertz CT molecular complexity index is 317. The van der Waals surface area contributed by atoms with Crippen molar-refractivity contribution >= 4 is 0 Å². The summed E-state index contributed by atoms with van der Waals surface area (Å²) in [5.41, 5.74) is 2.53. The van der Waals surface area contributed by atoms with Crippen LogP contribution in [0.4, 0.5) is 0 Å². The van der Waals surface area contributed by atoms with Crippen LogP contribution in [0.1, 0.15) is 17.2 Å². The first kappa shape index (κ1) is 11.6. The third kappa shape index (κ3) is 2.61. The van der Waals surface area contributed by atoms with E-state index in [1.54, 1.807) is 0 Å². The largest absolute Gasteiger partial charge is 0.376 e. The Hall–Kier alpha value is -0.900. The van der Waals surface area contributed by atoms with Crippen molar-refractivity contribution in [1.29, 1.82) is 0 Å². The highest BCUT2D eigenvalue weighted by atomic mass is 16.6. The lowest BCUT2D eigenvalue weighted by Gasteiger charge is -2.30. The van der Waals surface area contributed by atoms with Crippen molar-refractivity contribution in [1.82, 2.24) is 5.32 Å². The molecule has 1 N–H and O–H groups in total. The fourth-order valence-corrected chi connectivity index (χ4v) is 2.04. The van der Waals surface area contributed by atoms with Crippen molar-refractivity contribution in [2.24, 2.45) is 0 Å². The molecule has 3 heteroatoms. The molecule has 0 saturated carbocycles. The number of aryl methyl sites for hydroxylation is 1. The molecular formula is C13H19NO2. The van der Waals surface area contributed by atoms with E-state index >= 15 is 0 Å². The van der Waals surface area contributed by atoms with Gasteiger partial charge in [-0.3, -0.25) is 0 Å². The fourth-order valence-electron chi connectivity index (χ4n) is 2.04. The van der Waals surface area contributed by atoms with Crippen LogP contribution < -0.4 is 5.32 Å². The second-order valence-corrected chi connectivity index (χ2v) is 4.16. The maximum Gasteiger partial charge on any atom is 0.100 e. The Morgan fingerprint density at radius 1 is 1.25 bits per heavy atom. The van der Waals surface area contributed by atoms with E-state index in [1.165, 1.54) is 11.1 Å². The first-order valence-electron chi connectivity index (χ1n) is 5.74. The molecule has 2 atom stereocenters. The van der Waals surface area contributed by atoms with E-state index in [4.69, 9.17) is 9.47 Å². The number of hydrogen-bond acceptors (Lipinski definition) is 3. The molecule has 16 heavy (non-hydrogen) atoms. The van der Waals surface area contributed by atoms with Gasteiger partial charge in [0.05, 0.1) is 25.9 Å². The van der Waals surface area contributed by atoms with Gasteiger partial charge in [-0.15, -0.1) is 0 Å². The topological polar surface area (TPSA) is 30.5 Å². The molecule has 1 fully saturated rings. The van der Waals surface area contributed by atoms with Gasteiger partial charge in [0.1, 0.15) is 6.10 Å². The van der Waals surface area contributed by atoms with Gasteiger partial charge in [-0.25, -0.2) is 0 Å². The average molecular weight is 221 g/mol. The Labute approximate surface area is 96.8 Å². The molecule has 1 aromatic carbocycles. The molecule has 3 nitrogen and oxygen atoms in total. The third-order valence-electron chi connectivity index (χ3n) is 2.96. The van der Waals surface area contributed by atoms with Crippen LogP contribution in [0.25, 0.3) is 0 Å². The molecule has 0 aromatic heterocycles. The van der Waals surface area contributed by atoms with E-state index < -0.39 is 0 Å². The summed E-state index contributed by atoms with van der Waals surface area (Å²) >= 11 is 0. The molecule has 0 bridgehead atoms. The van der Waals surface area contributed by atoms with Crippen LogP contribution in [-0.2, 0) is 9.47 Å². The monoisotopic (exact) mass is 221 g/mol. The molecule has 2 unspecified atom stereocenters. The Morgan fingerprint density at radius 2 is 2.00 bits per heavy atom. The predicted molar refractivity (Wildman–Crippen MR) is 63.5 cm³/mol. The Balaban J connectivity index is 2.11. The number of hydrogen-bond donors (Lipinski definition) is 1. The first-order chi connectivity index (χ1) is 7.81. The molecule has 1 aliphatic heterocycles. The van der Waals surface area contributed by atoms with Crippen LogP contribution >= 0.6 is 0 Å². The van der Waals surface area contributed by atoms with Crippen molar-refractivity contribution in [2.75, 3.05) is 26.9 Å². The lowest BCUT2D eigenvalue weighted by Crippen LogP contribution is -2.39. The van der Waals surface area contributed by atoms with Gasteiger partial charge < -0.3 is 14.8 Å². The normalized spacial score (nSPS) is 23.0. The molecular weight excluding hydrogens is 202 g/mol. The number of likely N-dealkylation sites (N-methyl/N-ethyl adjacent to an activating group) is 1. The second kappa shape index (κ2) is 5.43. The van der Waals surface area contributed by atoms with Crippen LogP contribution in [0, 0.1) is 6.92 Å². The maximum absolute atomic E-state index is 5.73. The number of benzene rings is 1. The minimum Gasteiger partial charge on any atom is -0.376 e. The van der Waals surface area contributed by atoms with Crippen molar-refractivity contribution in [3.63, 3.8) is 0 Å². The van der Waals surface area contributed by atoms with Gasteiger partial charge in [0.2, 0.25) is 0 Å². The van der Waals surface area contributed by atoms with Gasteiger partial charge >= 0.3 is 0 Å². The zero-order valence-corrected chi connectivity index (χ0v) is 9.90. The van der Waals surface area contributed by atoms with Crippen LogP contribution in [0.2, 0.25) is 0 Å². The summed E-state index contributed by atoms with van der Waals surface area (Å²) in [7, 11) is 1.96.